The van der Waals surface area contributed by atoms with Gasteiger partial charge in [0.05, 0.1) is 18.8 Å². The third-order valence-electron chi connectivity index (χ3n) is 9.63. The van der Waals surface area contributed by atoms with Crippen molar-refractivity contribution in [1.82, 2.24) is 10.2 Å². The van der Waals surface area contributed by atoms with Crippen LogP contribution in [-0.4, -0.2) is 54.1 Å². The van der Waals surface area contributed by atoms with E-state index in [4.69, 9.17) is 9.47 Å². The van der Waals surface area contributed by atoms with Gasteiger partial charge in [-0.3, -0.25) is 9.59 Å². The van der Waals surface area contributed by atoms with Crippen molar-refractivity contribution in [3.63, 3.8) is 0 Å². The van der Waals surface area contributed by atoms with Gasteiger partial charge in [0.25, 0.3) is 0 Å². The topological polar surface area (TPSA) is 100 Å². The number of carbonyl (C=O) groups is 2. The highest BCUT2D eigenvalue weighted by atomic mass is 16.7. The number of unbranched alkanes of at least 4 members (excludes halogenated alkanes) is 12. The molecule has 0 radical (unpaired) electrons. The first-order chi connectivity index (χ1) is 24.4. The van der Waals surface area contributed by atoms with Gasteiger partial charge in [0.15, 0.2) is 6.29 Å². The second kappa shape index (κ2) is 25.2. The largest absolute Gasteiger partial charge is 0.392 e. The summed E-state index contributed by atoms with van der Waals surface area (Å²) < 4.78 is 13.4. The zero-order valence-electron chi connectivity index (χ0n) is 31.4. The minimum Gasteiger partial charge on any atom is -0.392 e. The normalized spacial score (nSPS) is 17.6. The van der Waals surface area contributed by atoms with Gasteiger partial charge in [0, 0.05) is 44.1 Å². The van der Waals surface area contributed by atoms with E-state index in [0.29, 0.717) is 13.0 Å². The van der Waals surface area contributed by atoms with Crippen LogP contribution in [-0.2, 0) is 25.7 Å². The molecule has 2 amide bonds. The third kappa shape index (κ3) is 17.0. The minimum absolute atomic E-state index is 0.00723. The average Bonchev–Trinajstić information content (AvgIpc) is 3.12. The number of carbonyl (C=O) groups excluding carboxylic acids is 2. The quantitative estimate of drug-likeness (QED) is 0.0850. The van der Waals surface area contributed by atoms with E-state index in [9.17, 15) is 14.7 Å². The van der Waals surface area contributed by atoms with Gasteiger partial charge in [0.1, 0.15) is 0 Å². The second-order valence-electron chi connectivity index (χ2n) is 14.2. The van der Waals surface area contributed by atoms with Crippen molar-refractivity contribution in [2.45, 2.75) is 155 Å². The zero-order chi connectivity index (χ0) is 35.8. The molecule has 2 aromatic carbocycles. The van der Waals surface area contributed by atoms with Crippen LogP contribution in [0.25, 0.3) is 0 Å². The molecule has 0 aromatic heterocycles. The first kappa shape index (κ1) is 41.6. The highest BCUT2D eigenvalue weighted by Crippen LogP contribution is 2.39. The fraction of sp³-hybridized carbons (Fsp3) is 0.667. The van der Waals surface area contributed by atoms with Crippen molar-refractivity contribution < 1.29 is 24.2 Å². The van der Waals surface area contributed by atoms with Crippen LogP contribution in [0.15, 0.2) is 48.5 Å². The van der Waals surface area contributed by atoms with Crippen LogP contribution in [0.4, 0.5) is 5.69 Å². The lowest BCUT2D eigenvalue weighted by atomic mass is 9.99. The van der Waals surface area contributed by atoms with Crippen LogP contribution in [0, 0.1) is 0 Å². The van der Waals surface area contributed by atoms with Crippen molar-refractivity contribution in [3.8, 4) is 0 Å². The maximum Gasteiger partial charge on any atom is 0.224 e. The lowest BCUT2D eigenvalue weighted by Gasteiger charge is -2.38. The number of aliphatic hydroxyl groups is 1. The number of ether oxygens (including phenoxy) is 2. The number of nitrogens with zero attached hydrogens (tertiary/aromatic N) is 1. The van der Waals surface area contributed by atoms with Gasteiger partial charge in [-0.05, 0) is 62.0 Å². The molecule has 1 aliphatic rings. The predicted octanol–water partition coefficient (Wildman–Crippen LogP) is 9.38. The van der Waals surface area contributed by atoms with Gasteiger partial charge in [-0.1, -0.05) is 121 Å². The van der Waals surface area contributed by atoms with E-state index in [1.54, 1.807) is 0 Å². The molecule has 1 aliphatic heterocycles. The van der Waals surface area contributed by atoms with Crippen molar-refractivity contribution in [2.24, 2.45) is 0 Å². The number of hydrogen-bond acceptors (Lipinski definition) is 6. The number of aliphatic hydroxyl groups excluding tert-OH is 1. The Hall–Kier alpha value is -2.78. The fourth-order valence-corrected chi connectivity index (χ4v) is 6.69. The molecule has 0 spiro atoms. The molecule has 8 nitrogen and oxygen atoms in total. The van der Waals surface area contributed by atoms with Gasteiger partial charge in [-0.15, -0.1) is 0 Å². The molecule has 3 N–H and O–H groups in total. The van der Waals surface area contributed by atoms with Gasteiger partial charge in [0.2, 0.25) is 11.8 Å². The van der Waals surface area contributed by atoms with Gasteiger partial charge < -0.3 is 30.1 Å². The average molecular weight is 694 g/mol. The maximum absolute atomic E-state index is 12.8. The smallest absolute Gasteiger partial charge is 0.224 e. The summed E-state index contributed by atoms with van der Waals surface area (Å²) in [5.41, 5.74) is 3.59. The Balaban J connectivity index is 1.68. The third-order valence-corrected chi connectivity index (χ3v) is 9.63. The molecule has 1 saturated heterocycles. The number of nitrogens with one attached hydrogen (secondary N) is 2. The minimum atomic E-state index is -0.563. The first-order valence-corrected chi connectivity index (χ1v) is 19.8. The van der Waals surface area contributed by atoms with Crippen molar-refractivity contribution in [1.29, 1.82) is 0 Å². The summed E-state index contributed by atoms with van der Waals surface area (Å²) >= 11 is 0. The molecule has 0 bridgehead atoms. The van der Waals surface area contributed by atoms with E-state index >= 15 is 0 Å². The number of amides is 2. The Morgan fingerprint density at radius 2 is 1.42 bits per heavy atom. The summed E-state index contributed by atoms with van der Waals surface area (Å²) in [7, 11) is 0. The van der Waals surface area contributed by atoms with Gasteiger partial charge >= 0.3 is 0 Å². The molecule has 3 rings (SSSR count). The van der Waals surface area contributed by atoms with E-state index in [0.717, 1.165) is 67.7 Å². The summed E-state index contributed by atoms with van der Waals surface area (Å²) in [4.78, 5) is 26.4. The van der Waals surface area contributed by atoms with Crippen LogP contribution in [0.5, 0.6) is 0 Å². The number of hydrogen-bond donors (Lipinski definition) is 3. The molecule has 1 fully saturated rings. The van der Waals surface area contributed by atoms with E-state index in [1.165, 1.54) is 84.0 Å². The lowest BCUT2D eigenvalue weighted by Crippen LogP contribution is -2.40. The molecule has 0 aliphatic carbocycles. The van der Waals surface area contributed by atoms with E-state index in [1.807, 2.05) is 36.4 Å². The Morgan fingerprint density at radius 3 is 2.06 bits per heavy atom. The lowest BCUT2D eigenvalue weighted by molar-refractivity contribution is -0.253. The number of rotatable bonds is 26. The van der Waals surface area contributed by atoms with Crippen molar-refractivity contribution >= 4 is 17.5 Å². The Labute approximate surface area is 303 Å². The summed E-state index contributed by atoms with van der Waals surface area (Å²) in [5.74, 6) is -0.0450. The molecular weight excluding hydrogens is 626 g/mol. The number of benzene rings is 2. The molecule has 8 heteroatoms. The Kier molecular flexibility index (Phi) is 21.0. The van der Waals surface area contributed by atoms with Crippen LogP contribution in [0.1, 0.15) is 159 Å². The highest BCUT2D eigenvalue weighted by molar-refractivity contribution is 5.90. The SMILES string of the molecule is CCCCCCCCN(CCCCCCCC)CC1CC(c2ccc(CO)cc2)OC(c2cccc(NC(=O)CCCCCNC(C)=O)c2)O1. The highest BCUT2D eigenvalue weighted by Gasteiger charge is 2.33. The van der Waals surface area contributed by atoms with Gasteiger partial charge in [-0.25, -0.2) is 0 Å². The van der Waals surface area contributed by atoms with Crippen LogP contribution < -0.4 is 10.6 Å². The summed E-state index contributed by atoms with van der Waals surface area (Å²) in [5, 5.41) is 15.5. The molecular formula is C42H67N3O5. The molecule has 3 atom stereocenters. The fourth-order valence-electron chi connectivity index (χ4n) is 6.69. The number of anilines is 1. The summed E-state index contributed by atoms with van der Waals surface area (Å²) in [6.07, 6.45) is 18.5. The Bertz CT molecular complexity index is 1190. The van der Waals surface area contributed by atoms with E-state index < -0.39 is 6.29 Å². The van der Waals surface area contributed by atoms with E-state index in [2.05, 4.69) is 41.5 Å². The van der Waals surface area contributed by atoms with Gasteiger partial charge in [-0.2, -0.15) is 0 Å². The second-order valence-corrected chi connectivity index (χ2v) is 14.2. The van der Waals surface area contributed by atoms with Crippen LogP contribution >= 0.6 is 0 Å². The summed E-state index contributed by atoms with van der Waals surface area (Å²) in [6.45, 7) is 9.77. The molecule has 50 heavy (non-hydrogen) atoms. The summed E-state index contributed by atoms with van der Waals surface area (Å²) in [6, 6.07) is 15.9. The molecule has 1 heterocycles. The van der Waals surface area contributed by atoms with Crippen LogP contribution in [0.2, 0.25) is 0 Å². The standard InChI is InChI=1S/C42H67N3O5/c1-4-6-8-10-12-17-28-45(29-18-13-11-9-7-5-2)32-39-31-40(36-25-23-35(33-46)24-26-36)50-42(49-39)37-20-19-21-38(30-37)44-41(48)22-15-14-16-27-43-34(3)47/h19-21,23-26,30,39-40,42,46H,4-18,22,27-29,31-33H2,1-3H3,(H,43,47)(H,44,48). The Morgan fingerprint density at radius 1 is 0.780 bits per heavy atom. The van der Waals surface area contributed by atoms with Crippen molar-refractivity contribution in [2.75, 3.05) is 31.5 Å². The molecule has 3 unspecified atom stereocenters. The first-order valence-electron chi connectivity index (χ1n) is 19.8. The monoisotopic (exact) mass is 694 g/mol. The van der Waals surface area contributed by atoms with Crippen LogP contribution in [0.3, 0.4) is 0 Å². The van der Waals surface area contributed by atoms with Crippen molar-refractivity contribution in [3.05, 3.63) is 65.2 Å². The molecule has 0 saturated carbocycles. The molecule has 280 valence electrons. The molecule has 2 aromatic rings. The maximum atomic E-state index is 12.8. The predicted molar refractivity (Wildman–Crippen MR) is 204 cm³/mol. The van der Waals surface area contributed by atoms with E-state index in [-0.39, 0.29) is 30.6 Å². The zero-order valence-corrected chi connectivity index (χ0v) is 31.4.